The lowest BCUT2D eigenvalue weighted by Gasteiger charge is -2.22. The molecule has 1 saturated carbocycles. The Balaban J connectivity index is 2.11. The summed E-state index contributed by atoms with van der Waals surface area (Å²) in [4.78, 5) is 11.2. The Bertz CT molecular complexity index is 386. The Morgan fingerprint density at radius 3 is 2.87 bits per heavy atom. The lowest BCUT2D eigenvalue weighted by Crippen LogP contribution is -2.15. The fourth-order valence-electron chi connectivity index (χ4n) is 2.38. The Labute approximate surface area is 89.3 Å². The van der Waals surface area contributed by atoms with Crippen LogP contribution in [0.5, 0.6) is 0 Å². The number of ketones is 1. The molecule has 0 radical (unpaired) electrons. The third kappa shape index (κ3) is 2.44. The molecule has 0 N–H and O–H groups in total. The summed E-state index contributed by atoms with van der Waals surface area (Å²) in [6.45, 7) is 2.11. The minimum absolute atomic E-state index is 0.0465. The van der Waals surface area contributed by atoms with Crippen molar-refractivity contribution in [3.05, 3.63) is 35.6 Å². The van der Waals surface area contributed by atoms with Gasteiger partial charge in [0, 0.05) is 12.8 Å². The molecule has 1 aliphatic carbocycles. The maximum absolute atomic E-state index is 13.0. The number of rotatable bonds is 2. The second-order valence-electron chi connectivity index (χ2n) is 4.83. The minimum Gasteiger partial charge on any atom is -0.300 e. The molecule has 0 heterocycles. The predicted molar refractivity (Wildman–Crippen MR) is 57.1 cm³/mol. The van der Waals surface area contributed by atoms with Gasteiger partial charge in [-0.3, -0.25) is 4.79 Å². The van der Waals surface area contributed by atoms with Crippen LogP contribution in [0.3, 0.4) is 0 Å². The smallest absolute Gasteiger partial charge is 0.133 e. The molecule has 0 spiro atoms. The first-order valence-electron chi connectivity index (χ1n) is 5.34. The van der Waals surface area contributed by atoms with Crippen LogP contribution in [0.15, 0.2) is 24.3 Å². The summed E-state index contributed by atoms with van der Waals surface area (Å²) >= 11 is 0. The van der Waals surface area contributed by atoms with Crippen molar-refractivity contribution >= 4 is 5.78 Å². The number of Topliss-reactive ketones (excluding diaryl/α,β-unsaturated/α-hetero) is 1. The molecule has 80 valence electrons. The molecule has 2 heteroatoms. The van der Waals surface area contributed by atoms with Crippen molar-refractivity contribution < 1.29 is 9.18 Å². The molecule has 1 fully saturated rings. The largest absolute Gasteiger partial charge is 0.300 e. The lowest BCUT2D eigenvalue weighted by molar-refractivity contribution is -0.117. The molecule has 15 heavy (non-hydrogen) atoms. The molecular formula is C13H15FO. The number of carbonyl (C=O) groups is 1. The maximum Gasteiger partial charge on any atom is 0.133 e. The maximum atomic E-state index is 13.0. The van der Waals surface area contributed by atoms with E-state index in [1.807, 2.05) is 6.07 Å². The molecule has 0 bridgehead atoms. The highest BCUT2D eigenvalue weighted by molar-refractivity contribution is 5.81. The van der Waals surface area contributed by atoms with Crippen LogP contribution in [0.2, 0.25) is 0 Å². The lowest BCUT2D eigenvalue weighted by atomic mass is 9.82. The van der Waals surface area contributed by atoms with Gasteiger partial charge in [-0.2, -0.15) is 0 Å². The highest BCUT2D eigenvalue weighted by atomic mass is 19.1. The van der Waals surface area contributed by atoms with Crippen molar-refractivity contribution in [3.63, 3.8) is 0 Å². The van der Waals surface area contributed by atoms with E-state index in [4.69, 9.17) is 0 Å². The Kier molecular flexibility index (Phi) is 2.59. The van der Waals surface area contributed by atoms with E-state index >= 15 is 0 Å². The van der Waals surface area contributed by atoms with Gasteiger partial charge in [0.2, 0.25) is 0 Å². The number of benzene rings is 1. The SMILES string of the molecule is CC1(Cc2cccc(F)c2)CCC(=O)C1. The van der Waals surface area contributed by atoms with E-state index < -0.39 is 0 Å². The Morgan fingerprint density at radius 2 is 2.27 bits per heavy atom. The normalized spacial score (nSPS) is 25.9. The molecule has 0 aliphatic heterocycles. The quantitative estimate of drug-likeness (QED) is 0.726. The topological polar surface area (TPSA) is 17.1 Å². The summed E-state index contributed by atoms with van der Waals surface area (Å²) in [7, 11) is 0. The van der Waals surface area contributed by atoms with Crippen molar-refractivity contribution in [3.8, 4) is 0 Å². The van der Waals surface area contributed by atoms with Crippen LogP contribution < -0.4 is 0 Å². The van der Waals surface area contributed by atoms with Gasteiger partial charge in [-0.15, -0.1) is 0 Å². The summed E-state index contributed by atoms with van der Waals surface area (Å²) < 4.78 is 13.0. The monoisotopic (exact) mass is 206 g/mol. The molecule has 0 aromatic heterocycles. The van der Waals surface area contributed by atoms with Crippen LogP contribution in [0.25, 0.3) is 0 Å². The van der Waals surface area contributed by atoms with Gasteiger partial charge in [-0.1, -0.05) is 19.1 Å². The molecule has 2 rings (SSSR count). The fourth-order valence-corrected chi connectivity index (χ4v) is 2.38. The van der Waals surface area contributed by atoms with E-state index in [0.717, 1.165) is 18.4 Å². The first kappa shape index (κ1) is 10.3. The Hall–Kier alpha value is -1.18. The van der Waals surface area contributed by atoms with Gasteiger partial charge in [0.25, 0.3) is 0 Å². The average Bonchev–Trinajstić information content (AvgIpc) is 2.45. The first-order chi connectivity index (χ1) is 7.07. The number of carbonyl (C=O) groups excluding carboxylic acids is 1. The van der Waals surface area contributed by atoms with Crippen molar-refractivity contribution in [1.82, 2.24) is 0 Å². The van der Waals surface area contributed by atoms with E-state index in [1.165, 1.54) is 6.07 Å². The van der Waals surface area contributed by atoms with Crippen LogP contribution >= 0.6 is 0 Å². The molecule has 1 aromatic carbocycles. The zero-order valence-corrected chi connectivity index (χ0v) is 8.92. The molecule has 0 saturated heterocycles. The van der Waals surface area contributed by atoms with E-state index in [-0.39, 0.29) is 11.2 Å². The zero-order chi connectivity index (χ0) is 10.9. The minimum atomic E-state index is -0.194. The van der Waals surface area contributed by atoms with Crippen molar-refractivity contribution in [2.24, 2.45) is 5.41 Å². The standard InChI is InChI=1S/C13H15FO/c1-13(6-5-12(15)9-13)8-10-3-2-4-11(14)7-10/h2-4,7H,5-6,8-9H2,1H3. The Morgan fingerprint density at radius 1 is 1.47 bits per heavy atom. The summed E-state index contributed by atoms with van der Waals surface area (Å²) in [5.41, 5.74) is 1.04. The molecule has 0 amide bonds. The van der Waals surface area contributed by atoms with Crippen molar-refractivity contribution in [2.45, 2.75) is 32.6 Å². The van der Waals surface area contributed by atoms with Gasteiger partial charge in [0.15, 0.2) is 0 Å². The van der Waals surface area contributed by atoms with Crippen molar-refractivity contribution in [1.29, 1.82) is 0 Å². The fraction of sp³-hybridized carbons (Fsp3) is 0.462. The van der Waals surface area contributed by atoms with Gasteiger partial charge in [0.1, 0.15) is 11.6 Å². The molecule has 1 aliphatic rings. The molecule has 1 unspecified atom stereocenters. The van der Waals surface area contributed by atoms with E-state index in [9.17, 15) is 9.18 Å². The van der Waals surface area contributed by atoms with Crippen LogP contribution in [0.1, 0.15) is 31.7 Å². The summed E-state index contributed by atoms with van der Waals surface area (Å²) in [5.74, 6) is 0.148. The van der Waals surface area contributed by atoms with Gasteiger partial charge in [-0.25, -0.2) is 4.39 Å². The summed E-state index contributed by atoms with van der Waals surface area (Å²) in [6.07, 6.45) is 3.06. The summed E-state index contributed by atoms with van der Waals surface area (Å²) in [5, 5.41) is 0. The summed E-state index contributed by atoms with van der Waals surface area (Å²) in [6, 6.07) is 6.67. The molecule has 1 nitrogen and oxygen atoms in total. The molecule has 1 aromatic rings. The van der Waals surface area contributed by atoms with Crippen LogP contribution in [-0.4, -0.2) is 5.78 Å². The van der Waals surface area contributed by atoms with Gasteiger partial charge < -0.3 is 0 Å². The third-order valence-electron chi connectivity index (χ3n) is 3.15. The van der Waals surface area contributed by atoms with E-state index in [0.29, 0.717) is 18.6 Å². The number of halogens is 1. The highest BCUT2D eigenvalue weighted by Gasteiger charge is 2.33. The molecular weight excluding hydrogens is 191 g/mol. The van der Waals surface area contributed by atoms with Crippen molar-refractivity contribution in [2.75, 3.05) is 0 Å². The van der Waals surface area contributed by atoms with Crippen LogP contribution in [-0.2, 0) is 11.2 Å². The van der Waals surface area contributed by atoms with E-state index in [1.54, 1.807) is 12.1 Å². The van der Waals surface area contributed by atoms with E-state index in [2.05, 4.69) is 6.92 Å². The van der Waals surface area contributed by atoms with Gasteiger partial charge >= 0.3 is 0 Å². The average molecular weight is 206 g/mol. The third-order valence-corrected chi connectivity index (χ3v) is 3.15. The highest BCUT2D eigenvalue weighted by Crippen LogP contribution is 2.38. The van der Waals surface area contributed by atoms with Gasteiger partial charge in [-0.05, 0) is 36.0 Å². The second-order valence-corrected chi connectivity index (χ2v) is 4.83. The number of hydrogen-bond acceptors (Lipinski definition) is 1. The van der Waals surface area contributed by atoms with Crippen LogP contribution in [0.4, 0.5) is 4.39 Å². The number of hydrogen-bond donors (Lipinski definition) is 0. The van der Waals surface area contributed by atoms with Crippen LogP contribution in [0, 0.1) is 11.2 Å². The zero-order valence-electron chi connectivity index (χ0n) is 8.92. The predicted octanol–water partition coefficient (Wildman–Crippen LogP) is 3.13. The molecule has 1 atom stereocenters. The first-order valence-corrected chi connectivity index (χ1v) is 5.34. The van der Waals surface area contributed by atoms with Gasteiger partial charge in [0.05, 0.1) is 0 Å². The second kappa shape index (κ2) is 3.76.